The van der Waals surface area contributed by atoms with E-state index in [2.05, 4.69) is 41.2 Å². The number of sulfonamides is 1. The first-order valence-electron chi connectivity index (χ1n) is 14.2. The molecule has 4 N–H and O–H groups in total. The largest absolute Gasteiger partial charge is 0.490 e. The molecule has 0 saturated carbocycles. The van der Waals surface area contributed by atoms with Crippen molar-refractivity contribution in [2.45, 2.75) is 77.2 Å². The summed E-state index contributed by atoms with van der Waals surface area (Å²) in [7, 11) is -3.17. The number of nitrogens with one attached hydrogen (secondary N) is 1. The molecule has 3 aromatic rings. The number of hydrogen-bond donors (Lipinski definition) is 3. The zero-order valence-electron chi connectivity index (χ0n) is 24.3. The lowest BCUT2D eigenvalue weighted by Gasteiger charge is -2.31. The topological polar surface area (TPSA) is 137 Å². The fourth-order valence-electron chi connectivity index (χ4n) is 5.93. The summed E-state index contributed by atoms with van der Waals surface area (Å²) in [4.78, 5) is 28.5. The zero-order valence-corrected chi connectivity index (χ0v) is 25.9. The van der Waals surface area contributed by atoms with Gasteiger partial charge in [0.15, 0.2) is 0 Å². The number of amides is 1. The summed E-state index contributed by atoms with van der Waals surface area (Å²) in [6.45, 7) is 8.30. The van der Waals surface area contributed by atoms with E-state index in [4.69, 9.17) is 15.6 Å². The number of likely N-dealkylation sites (tertiary alicyclic amines) is 1. The van der Waals surface area contributed by atoms with Crippen LogP contribution in [0.15, 0.2) is 29.8 Å². The van der Waals surface area contributed by atoms with Crippen molar-refractivity contribution in [3.05, 3.63) is 45.8 Å². The lowest BCUT2D eigenvalue weighted by atomic mass is 9.88. The van der Waals surface area contributed by atoms with Gasteiger partial charge in [0.25, 0.3) is 5.91 Å². The van der Waals surface area contributed by atoms with Crippen LogP contribution in [-0.4, -0.2) is 76.7 Å². The predicted molar refractivity (Wildman–Crippen MR) is 161 cm³/mol. The van der Waals surface area contributed by atoms with Crippen molar-refractivity contribution in [3.63, 3.8) is 0 Å². The first-order valence-corrected chi connectivity index (χ1v) is 16.7. The molecule has 2 aliphatic heterocycles. The normalized spacial score (nSPS) is 20.7. The number of H-pyrrole nitrogens is 1. The van der Waals surface area contributed by atoms with Crippen LogP contribution in [0, 0.1) is 0 Å². The highest BCUT2D eigenvalue weighted by Crippen LogP contribution is 2.38. The second kappa shape index (κ2) is 13.0. The number of rotatable bonds is 7. The zero-order chi connectivity index (χ0) is 31.7. The average molecular weight is 643 g/mol. The average Bonchev–Trinajstić information content (AvgIpc) is 3.68. The number of benzene rings is 1. The Morgan fingerprint density at radius 3 is 2.21 bits per heavy atom. The van der Waals surface area contributed by atoms with Crippen molar-refractivity contribution >= 4 is 44.1 Å². The number of carbonyl (C=O) groups is 2. The fraction of sp³-hybridized carbons (Fsp3) is 0.517. The van der Waals surface area contributed by atoms with Crippen molar-refractivity contribution in [1.82, 2.24) is 14.2 Å². The molecule has 5 rings (SSSR count). The number of aromatic nitrogens is 1. The Bertz CT molecular complexity index is 1570. The molecule has 9 nitrogen and oxygen atoms in total. The maximum atomic E-state index is 12.4. The Kier molecular flexibility index (Phi) is 9.94. The van der Waals surface area contributed by atoms with Gasteiger partial charge in [0.2, 0.25) is 10.0 Å². The van der Waals surface area contributed by atoms with Crippen LogP contribution in [0.2, 0.25) is 0 Å². The van der Waals surface area contributed by atoms with Gasteiger partial charge in [-0.05, 0) is 92.6 Å². The number of fused-ring (bicyclic) bond motifs is 1. The number of carboxylic acid groups (broad SMARTS) is 1. The van der Waals surface area contributed by atoms with Crippen molar-refractivity contribution in [1.29, 1.82) is 0 Å². The van der Waals surface area contributed by atoms with E-state index in [0.29, 0.717) is 30.7 Å². The molecule has 2 saturated heterocycles. The number of hydrogen-bond acceptors (Lipinski definition) is 6. The Morgan fingerprint density at radius 2 is 1.67 bits per heavy atom. The Hall–Kier alpha value is -2.94. The maximum Gasteiger partial charge on any atom is 0.490 e. The minimum Gasteiger partial charge on any atom is -0.475 e. The second-order valence-corrected chi connectivity index (χ2v) is 14.4. The smallest absolute Gasteiger partial charge is 0.475 e. The number of carbonyl (C=O) groups excluding carboxylic acids is 1. The molecule has 1 amide bonds. The number of alkyl halides is 3. The third-order valence-electron chi connectivity index (χ3n) is 8.44. The molecule has 2 fully saturated rings. The van der Waals surface area contributed by atoms with Crippen molar-refractivity contribution in [2.24, 2.45) is 5.73 Å². The number of thiophene rings is 1. The van der Waals surface area contributed by atoms with E-state index in [-0.39, 0.29) is 11.7 Å². The van der Waals surface area contributed by atoms with E-state index in [9.17, 15) is 26.4 Å². The summed E-state index contributed by atoms with van der Waals surface area (Å²) < 4.78 is 57.9. The van der Waals surface area contributed by atoms with E-state index in [1.54, 1.807) is 22.6 Å². The van der Waals surface area contributed by atoms with Crippen LogP contribution in [-0.2, 0) is 21.4 Å². The standard InChI is InChI=1S/C27H36N4O3S2.C2HF3O2/c1-4-36(33,34)30-9-7-19(8-10-30)25-14-29-26-23(25)12-20(13-24(26)27(28)32)21-11-22(35-16-21)15-31-17(2)5-6-18(31)3;3-2(4,5)1(6)7/h11-14,16-19,29H,4-10,15H2,1-3H3,(H2,28,32);(H,6,7)/t17-,18-;/m1./s1. The van der Waals surface area contributed by atoms with Crippen LogP contribution in [0.4, 0.5) is 13.2 Å². The molecule has 43 heavy (non-hydrogen) atoms. The molecule has 4 heterocycles. The highest BCUT2D eigenvalue weighted by atomic mass is 32.2. The van der Waals surface area contributed by atoms with E-state index in [0.717, 1.165) is 47.0 Å². The summed E-state index contributed by atoms with van der Waals surface area (Å²) in [6, 6.07) is 7.51. The molecule has 0 unspecified atom stereocenters. The molecule has 14 heteroatoms. The molecular formula is C29H37F3N4O5S2. The summed E-state index contributed by atoms with van der Waals surface area (Å²) >= 11 is 1.77. The Balaban J connectivity index is 0.000000541. The molecule has 1 aromatic carbocycles. The van der Waals surface area contributed by atoms with E-state index >= 15 is 0 Å². The van der Waals surface area contributed by atoms with Crippen LogP contribution in [0.3, 0.4) is 0 Å². The van der Waals surface area contributed by atoms with Gasteiger partial charge in [0.05, 0.1) is 16.8 Å². The van der Waals surface area contributed by atoms with Gasteiger partial charge >= 0.3 is 12.1 Å². The first kappa shape index (κ1) is 33.0. The van der Waals surface area contributed by atoms with Gasteiger partial charge in [-0.25, -0.2) is 17.5 Å². The number of piperidine rings is 1. The lowest BCUT2D eigenvalue weighted by Crippen LogP contribution is -2.38. The molecule has 0 aliphatic carbocycles. The monoisotopic (exact) mass is 642 g/mol. The van der Waals surface area contributed by atoms with Crippen LogP contribution < -0.4 is 5.73 Å². The highest BCUT2D eigenvalue weighted by molar-refractivity contribution is 7.89. The molecule has 2 atom stereocenters. The van der Waals surface area contributed by atoms with Gasteiger partial charge in [-0.2, -0.15) is 13.2 Å². The molecule has 2 aliphatic rings. The van der Waals surface area contributed by atoms with Gasteiger partial charge in [-0.15, -0.1) is 11.3 Å². The fourth-order valence-corrected chi connectivity index (χ4v) is 7.97. The number of primary amides is 1. The minimum atomic E-state index is -5.08. The van der Waals surface area contributed by atoms with Crippen LogP contribution in [0.1, 0.15) is 73.2 Å². The molecule has 2 aromatic heterocycles. The minimum absolute atomic E-state index is 0.133. The van der Waals surface area contributed by atoms with Crippen molar-refractivity contribution < 1.29 is 36.3 Å². The number of nitrogens with zero attached hydrogens (tertiary/aromatic N) is 2. The third-order valence-corrected chi connectivity index (χ3v) is 11.2. The number of nitrogens with two attached hydrogens (primary N) is 1. The number of halogens is 3. The van der Waals surface area contributed by atoms with E-state index in [1.165, 1.54) is 17.7 Å². The molecule has 0 radical (unpaired) electrons. The van der Waals surface area contributed by atoms with Crippen molar-refractivity contribution in [2.75, 3.05) is 18.8 Å². The summed E-state index contributed by atoms with van der Waals surface area (Å²) in [5.41, 5.74) is 10.3. The second-order valence-electron chi connectivity index (χ2n) is 11.2. The Labute approximate surface area is 252 Å². The third kappa shape index (κ3) is 7.41. The number of aromatic amines is 1. The maximum absolute atomic E-state index is 12.4. The van der Waals surface area contributed by atoms with Crippen LogP contribution in [0.25, 0.3) is 22.0 Å². The van der Waals surface area contributed by atoms with Gasteiger partial charge in [-0.3, -0.25) is 9.69 Å². The first-order chi connectivity index (χ1) is 20.1. The number of carboxylic acids is 1. The predicted octanol–water partition coefficient (Wildman–Crippen LogP) is 5.53. The van der Waals surface area contributed by atoms with Gasteiger partial charge < -0.3 is 15.8 Å². The van der Waals surface area contributed by atoms with E-state index < -0.39 is 28.1 Å². The summed E-state index contributed by atoms with van der Waals surface area (Å²) in [5.74, 6) is -2.84. The van der Waals surface area contributed by atoms with Gasteiger partial charge in [-0.1, -0.05) is 0 Å². The molecule has 236 valence electrons. The quantitative estimate of drug-likeness (QED) is 0.310. The molecule has 0 spiro atoms. The Morgan fingerprint density at radius 1 is 1.07 bits per heavy atom. The van der Waals surface area contributed by atoms with Crippen LogP contribution >= 0.6 is 11.3 Å². The van der Waals surface area contributed by atoms with E-state index in [1.807, 2.05) is 12.3 Å². The lowest BCUT2D eigenvalue weighted by molar-refractivity contribution is -0.192. The number of aliphatic carboxylic acids is 1. The summed E-state index contributed by atoms with van der Waals surface area (Å²) in [5, 5.41) is 10.3. The van der Waals surface area contributed by atoms with Crippen molar-refractivity contribution in [3.8, 4) is 11.1 Å². The SMILES string of the molecule is CCS(=O)(=O)N1CCC(c2c[nH]c3c(C(N)=O)cc(-c4csc(CN5[C@H](C)CC[C@H]5C)c4)cc23)CC1.O=C(O)C(F)(F)F. The highest BCUT2D eigenvalue weighted by Gasteiger charge is 2.38. The molecule has 0 bridgehead atoms. The van der Waals surface area contributed by atoms with Gasteiger partial charge in [0.1, 0.15) is 0 Å². The molecular weight excluding hydrogens is 605 g/mol. The summed E-state index contributed by atoms with van der Waals surface area (Å²) in [6.07, 6.45) is 0.911. The van der Waals surface area contributed by atoms with Crippen LogP contribution in [0.5, 0.6) is 0 Å². The van der Waals surface area contributed by atoms with Gasteiger partial charge in [0, 0.05) is 48.2 Å².